The van der Waals surface area contributed by atoms with Gasteiger partial charge in [-0.15, -0.1) is 5.10 Å². The number of benzene rings is 1. The van der Waals surface area contributed by atoms with Crippen molar-refractivity contribution in [3.63, 3.8) is 0 Å². The van der Waals surface area contributed by atoms with Crippen molar-refractivity contribution in [1.29, 1.82) is 0 Å². The van der Waals surface area contributed by atoms with E-state index >= 15 is 0 Å². The number of para-hydroxylation sites is 2. The molecule has 2 unspecified atom stereocenters. The number of tetrazole rings is 1. The highest BCUT2D eigenvalue weighted by atomic mass is 32.2. The van der Waals surface area contributed by atoms with E-state index in [4.69, 9.17) is 4.74 Å². The summed E-state index contributed by atoms with van der Waals surface area (Å²) >= 11 is 1.33. The molecule has 3 rings (SSSR count). The second-order valence-electron chi connectivity index (χ2n) is 6.50. The van der Waals surface area contributed by atoms with Gasteiger partial charge in [-0.3, -0.25) is 4.79 Å². The quantitative estimate of drug-likeness (QED) is 0.750. The van der Waals surface area contributed by atoms with Crippen molar-refractivity contribution >= 4 is 17.7 Å². The smallest absolute Gasteiger partial charge is 0.230 e. The zero-order valence-electron chi connectivity index (χ0n) is 15.2. The molecular weight excluding hydrogens is 350 g/mol. The van der Waals surface area contributed by atoms with Crippen molar-refractivity contribution in [2.24, 2.45) is 5.92 Å². The fraction of sp³-hybridized carbons (Fsp3) is 0.556. The Balaban J connectivity index is 1.63. The summed E-state index contributed by atoms with van der Waals surface area (Å²) in [5, 5.41) is 15.6. The van der Waals surface area contributed by atoms with Gasteiger partial charge in [0.05, 0.1) is 12.4 Å². The first kappa shape index (κ1) is 18.7. The molecule has 1 saturated carbocycles. The van der Waals surface area contributed by atoms with E-state index in [9.17, 15) is 4.79 Å². The fourth-order valence-corrected chi connectivity index (χ4v) is 3.93. The normalized spacial score (nSPS) is 19.9. The van der Waals surface area contributed by atoms with Gasteiger partial charge in [-0.05, 0) is 48.2 Å². The number of rotatable bonds is 7. The number of aromatic nitrogens is 4. The van der Waals surface area contributed by atoms with Crippen molar-refractivity contribution in [3.05, 3.63) is 24.3 Å². The number of nitrogens with zero attached hydrogens (tertiary/aromatic N) is 4. The fourth-order valence-electron chi connectivity index (χ4n) is 3.24. The highest BCUT2D eigenvalue weighted by molar-refractivity contribution is 7.99. The van der Waals surface area contributed by atoms with Crippen LogP contribution in [-0.2, 0) is 4.79 Å². The third kappa shape index (κ3) is 4.55. The van der Waals surface area contributed by atoms with Gasteiger partial charge in [0.2, 0.25) is 11.1 Å². The minimum Gasteiger partial charge on any atom is -0.492 e. The number of amides is 1. The Bertz CT molecular complexity index is 736. The lowest BCUT2D eigenvalue weighted by Crippen LogP contribution is -2.41. The highest BCUT2D eigenvalue weighted by Crippen LogP contribution is 2.26. The summed E-state index contributed by atoms with van der Waals surface area (Å²) in [6.45, 7) is 4.70. The molecule has 0 bridgehead atoms. The standard InChI is InChI=1S/C18H25N5O2S/c1-3-25-16-11-7-6-10-15(16)23-18(20-21-22-23)26-12-17(24)19-14-9-5-4-8-13(14)2/h6-7,10-11,13-14H,3-5,8-9,12H2,1-2H3,(H,19,24). The van der Waals surface area contributed by atoms with Crippen LogP contribution in [0.15, 0.2) is 29.4 Å². The molecule has 8 heteroatoms. The van der Waals surface area contributed by atoms with Crippen LogP contribution in [0.1, 0.15) is 39.5 Å². The Morgan fingerprint density at radius 2 is 2.15 bits per heavy atom. The third-order valence-corrected chi connectivity index (χ3v) is 5.54. The van der Waals surface area contributed by atoms with Gasteiger partial charge >= 0.3 is 0 Å². The maximum atomic E-state index is 12.3. The summed E-state index contributed by atoms with van der Waals surface area (Å²) < 4.78 is 7.27. The largest absolute Gasteiger partial charge is 0.492 e. The molecule has 2 atom stereocenters. The van der Waals surface area contributed by atoms with Crippen LogP contribution in [0.2, 0.25) is 0 Å². The Labute approximate surface area is 157 Å². The molecule has 0 spiro atoms. The monoisotopic (exact) mass is 375 g/mol. The number of nitrogens with one attached hydrogen (secondary N) is 1. The molecule has 26 heavy (non-hydrogen) atoms. The van der Waals surface area contributed by atoms with Gasteiger partial charge in [0.25, 0.3) is 0 Å². The van der Waals surface area contributed by atoms with E-state index in [2.05, 4.69) is 27.8 Å². The van der Waals surface area contributed by atoms with E-state index in [1.165, 1.54) is 31.0 Å². The van der Waals surface area contributed by atoms with Crippen LogP contribution in [-0.4, -0.2) is 44.5 Å². The number of hydrogen-bond acceptors (Lipinski definition) is 6. The summed E-state index contributed by atoms with van der Waals surface area (Å²) in [6, 6.07) is 7.88. The lowest BCUT2D eigenvalue weighted by molar-refractivity contribution is -0.119. The van der Waals surface area contributed by atoms with E-state index < -0.39 is 0 Å². The molecule has 7 nitrogen and oxygen atoms in total. The minimum atomic E-state index is 0.0291. The summed E-state index contributed by atoms with van der Waals surface area (Å²) in [5.74, 6) is 1.58. The molecule has 1 aliphatic rings. The predicted octanol–water partition coefficient (Wildman–Crippen LogP) is 2.85. The summed E-state index contributed by atoms with van der Waals surface area (Å²) in [7, 11) is 0. The molecule has 1 N–H and O–H groups in total. The maximum absolute atomic E-state index is 12.3. The van der Waals surface area contributed by atoms with Crippen LogP contribution in [0.25, 0.3) is 5.69 Å². The number of ether oxygens (including phenoxy) is 1. The molecular formula is C18H25N5O2S. The van der Waals surface area contributed by atoms with Crippen LogP contribution in [0, 0.1) is 5.92 Å². The molecule has 1 aromatic carbocycles. The summed E-state index contributed by atoms with van der Waals surface area (Å²) in [6.07, 6.45) is 4.70. The van der Waals surface area contributed by atoms with Crippen LogP contribution in [0.4, 0.5) is 0 Å². The molecule has 2 aromatic rings. The molecule has 0 saturated heterocycles. The van der Waals surface area contributed by atoms with Gasteiger partial charge in [-0.25, -0.2) is 0 Å². The summed E-state index contributed by atoms with van der Waals surface area (Å²) in [4.78, 5) is 12.3. The van der Waals surface area contributed by atoms with E-state index in [1.807, 2.05) is 31.2 Å². The maximum Gasteiger partial charge on any atom is 0.230 e. The van der Waals surface area contributed by atoms with E-state index in [1.54, 1.807) is 4.68 Å². The molecule has 140 valence electrons. The zero-order chi connectivity index (χ0) is 18.4. The van der Waals surface area contributed by atoms with Gasteiger partial charge in [-0.1, -0.05) is 43.7 Å². The molecule has 1 aromatic heterocycles. The van der Waals surface area contributed by atoms with Gasteiger partial charge in [0.15, 0.2) is 0 Å². The Kier molecular flexibility index (Phi) is 6.49. The number of thioether (sulfide) groups is 1. The first-order valence-electron chi connectivity index (χ1n) is 9.11. The zero-order valence-corrected chi connectivity index (χ0v) is 16.0. The molecule has 1 heterocycles. The topological polar surface area (TPSA) is 81.9 Å². The van der Waals surface area contributed by atoms with Crippen LogP contribution in [0.5, 0.6) is 5.75 Å². The molecule has 0 radical (unpaired) electrons. The minimum absolute atomic E-state index is 0.0291. The van der Waals surface area contributed by atoms with E-state index in [0.717, 1.165) is 12.1 Å². The second kappa shape index (κ2) is 9.02. The lowest BCUT2D eigenvalue weighted by atomic mass is 9.86. The van der Waals surface area contributed by atoms with Crippen molar-refractivity contribution < 1.29 is 9.53 Å². The first-order chi connectivity index (χ1) is 12.7. The van der Waals surface area contributed by atoms with Crippen molar-refractivity contribution in [3.8, 4) is 11.4 Å². The van der Waals surface area contributed by atoms with Crippen LogP contribution >= 0.6 is 11.8 Å². The average Bonchev–Trinajstić information content (AvgIpc) is 3.11. The van der Waals surface area contributed by atoms with E-state index in [0.29, 0.717) is 29.2 Å². The molecule has 1 fully saturated rings. The van der Waals surface area contributed by atoms with Crippen molar-refractivity contribution in [1.82, 2.24) is 25.5 Å². The Hall–Kier alpha value is -2.09. The van der Waals surface area contributed by atoms with Gasteiger partial charge < -0.3 is 10.1 Å². The van der Waals surface area contributed by atoms with Gasteiger partial charge in [0, 0.05) is 6.04 Å². The Morgan fingerprint density at radius 1 is 1.35 bits per heavy atom. The first-order valence-corrected chi connectivity index (χ1v) is 10.1. The SMILES string of the molecule is CCOc1ccccc1-n1nnnc1SCC(=O)NC1CCCCC1C. The van der Waals surface area contributed by atoms with Crippen LogP contribution in [0.3, 0.4) is 0 Å². The lowest BCUT2D eigenvalue weighted by Gasteiger charge is -2.29. The third-order valence-electron chi connectivity index (χ3n) is 4.62. The summed E-state index contributed by atoms with van der Waals surface area (Å²) in [5.41, 5.74) is 0.767. The number of carbonyl (C=O) groups excluding carboxylic acids is 1. The predicted molar refractivity (Wildman–Crippen MR) is 101 cm³/mol. The van der Waals surface area contributed by atoms with Crippen molar-refractivity contribution in [2.75, 3.05) is 12.4 Å². The molecule has 1 amide bonds. The number of carbonyl (C=O) groups is 1. The van der Waals surface area contributed by atoms with Gasteiger partial charge in [-0.2, -0.15) is 4.68 Å². The van der Waals surface area contributed by atoms with E-state index in [-0.39, 0.29) is 11.9 Å². The van der Waals surface area contributed by atoms with Gasteiger partial charge in [0.1, 0.15) is 11.4 Å². The van der Waals surface area contributed by atoms with Crippen molar-refractivity contribution in [2.45, 2.75) is 50.7 Å². The Morgan fingerprint density at radius 3 is 2.96 bits per heavy atom. The average molecular weight is 375 g/mol. The molecule has 0 aliphatic heterocycles. The number of hydrogen-bond donors (Lipinski definition) is 1. The molecule has 1 aliphatic carbocycles. The highest BCUT2D eigenvalue weighted by Gasteiger charge is 2.23. The van der Waals surface area contributed by atoms with Crippen LogP contribution < -0.4 is 10.1 Å². The second-order valence-corrected chi connectivity index (χ2v) is 7.44.